The van der Waals surface area contributed by atoms with E-state index in [0.29, 0.717) is 0 Å². The third kappa shape index (κ3) is 6.74. The van der Waals surface area contributed by atoms with Crippen molar-refractivity contribution in [1.29, 1.82) is 0 Å². The van der Waals surface area contributed by atoms with Gasteiger partial charge in [-0.05, 0) is 32.4 Å². The third-order valence-electron chi connectivity index (χ3n) is 3.04. The molecule has 1 aromatic rings. The molecule has 0 radical (unpaired) electrons. The van der Waals surface area contributed by atoms with Crippen molar-refractivity contribution < 1.29 is 4.42 Å². The lowest BCUT2D eigenvalue weighted by Gasteiger charge is -2.00. The van der Waals surface area contributed by atoms with Crippen molar-refractivity contribution in [2.24, 2.45) is 0 Å². The van der Waals surface area contributed by atoms with E-state index in [2.05, 4.69) is 17.6 Å². The summed E-state index contributed by atoms with van der Waals surface area (Å²) >= 11 is 5.96. The number of hydrogen-bond acceptors (Lipinski definition) is 4. The first-order valence-corrected chi connectivity index (χ1v) is 8.53. The van der Waals surface area contributed by atoms with Crippen LogP contribution >= 0.6 is 24.4 Å². The molecule has 0 saturated carbocycles. The summed E-state index contributed by atoms with van der Waals surface area (Å²) in [6.07, 6.45) is 9.29. The maximum absolute atomic E-state index is 5.53. The van der Waals surface area contributed by atoms with Crippen LogP contribution in [0.3, 0.4) is 0 Å². The van der Waals surface area contributed by atoms with E-state index in [4.69, 9.17) is 4.42 Å². The van der Waals surface area contributed by atoms with Crippen LogP contribution in [0.1, 0.15) is 56.4 Å². The van der Waals surface area contributed by atoms with E-state index in [1.165, 1.54) is 44.9 Å². The second-order valence-electron chi connectivity index (χ2n) is 4.67. The fourth-order valence-corrected chi connectivity index (χ4v) is 2.89. The standard InChI is InChI=1S/C14H25NOS2/c1-12-13(2)16-14(15-12)18-11-9-7-5-3-4-6-8-10-17/h17H,3-11H2,1-2H3. The van der Waals surface area contributed by atoms with Crippen LogP contribution in [-0.2, 0) is 0 Å². The maximum atomic E-state index is 5.53. The first kappa shape index (κ1) is 16.0. The van der Waals surface area contributed by atoms with Gasteiger partial charge in [0, 0.05) is 5.75 Å². The highest BCUT2D eigenvalue weighted by atomic mass is 32.2. The van der Waals surface area contributed by atoms with Crippen LogP contribution in [0.15, 0.2) is 9.64 Å². The van der Waals surface area contributed by atoms with Gasteiger partial charge in [-0.3, -0.25) is 0 Å². The molecule has 0 N–H and O–H groups in total. The van der Waals surface area contributed by atoms with Gasteiger partial charge < -0.3 is 4.42 Å². The Kier molecular flexibility index (Phi) is 8.68. The summed E-state index contributed by atoms with van der Waals surface area (Å²) in [4.78, 5) is 4.37. The molecule has 104 valence electrons. The zero-order chi connectivity index (χ0) is 13.2. The van der Waals surface area contributed by atoms with E-state index in [9.17, 15) is 0 Å². The number of unbranched alkanes of at least 4 members (excludes halogenated alkanes) is 6. The molecule has 4 heteroatoms. The van der Waals surface area contributed by atoms with Crippen molar-refractivity contribution in [2.45, 2.75) is 64.0 Å². The Balaban J connectivity index is 1.92. The van der Waals surface area contributed by atoms with E-state index in [0.717, 1.165) is 28.2 Å². The van der Waals surface area contributed by atoms with Crippen molar-refractivity contribution in [3.05, 3.63) is 11.5 Å². The molecule has 1 aromatic heterocycles. The molecule has 2 nitrogen and oxygen atoms in total. The summed E-state index contributed by atoms with van der Waals surface area (Å²) in [6, 6.07) is 0. The average Bonchev–Trinajstić information content (AvgIpc) is 2.67. The van der Waals surface area contributed by atoms with Crippen molar-refractivity contribution in [2.75, 3.05) is 11.5 Å². The van der Waals surface area contributed by atoms with Crippen LogP contribution in [0.25, 0.3) is 0 Å². The Morgan fingerprint density at radius 1 is 1.00 bits per heavy atom. The first-order valence-electron chi connectivity index (χ1n) is 6.91. The number of hydrogen-bond donors (Lipinski definition) is 1. The SMILES string of the molecule is Cc1nc(SCCCCCCCCCS)oc1C. The van der Waals surface area contributed by atoms with E-state index in [-0.39, 0.29) is 0 Å². The minimum Gasteiger partial charge on any atom is -0.437 e. The molecule has 0 fully saturated rings. The predicted octanol–water partition coefficient (Wildman–Crippen LogP) is 5.04. The van der Waals surface area contributed by atoms with Crippen LogP contribution in [0.2, 0.25) is 0 Å². The summed E-state index contributed by atoms with van der Waals surface area (Å²) < 4.78 is 5.53. The Labute approximate surface area is 121 Å². The maximum Gasteiger partial charge on any atom is 0.256 e. The van der Waals surface area contributed by atoms with Crippen molar-refractivity contribution in [3.63, 3.8) is 0 Å². The molecule has 0 bridgehead atoms. The Morgan fingerprint density at radius 3 is 2.17 bits per heavy atom. The predicted molar refractivity (Wildman–Crippen MR) is 82.9 cm³/mol. The van der Waals surface area contributed by atoms with Crippen molar-refractivity contribution in [3.8, 4) is 0 Å². The van der Waals surface area contributed by atoms with Crippen LogP contribution in [-0.4, -0.2) is 16.5 Å². The van der Waals surface area contributed by atoms with Crippen molar-refractivity contribution in [1.82, 2.24) is 4.98 Å². The Bertz CT molecular complexity index is 306. The van der Waals surface area contributed by atoms with Gasteiger partial charge in [-0.1, -0.05) is 43.9 Å². The minimum atomic E-state index is 0.832. The van der Waals surface area contributed by atoms with E-state index in [1.54, 1.807) is 11.8 Å². The van der Waals surface area contributed by atoms with Crippen LogP contribution in [0.4, 0.5) is 0 Å². The second kappa shape index (κ2) is 9.79. The molecule has 0 unspecified atom stereocenters. The van der Waals surface area contributed by atoms with Gasteiger partial charge in [0.15, 0.2) is 0 Å². The highest BCUT2D eigenvalue weighted by Crippen LogP contribution is 2.21. The van der Waals surface area contributed by atoms with Gasteiger partial charge in [-0.15, -0.1) is 0 Å². The molecule has 1 heterocycles. The molecule has 0 aliphatic carbocycles. The summed E-state index contributed by atoms with van der Waals surface area (Å²) in [5, 5.41) is 0.832. The number of nitrogens with zero attached hydrogens (tertiary/aromatic N) is 1. The molecule has 0 aromatic carbocycles. The van der Waals surface area contributed by atoms with E-state index < -0.39 is 0 Å². The zero-order valence-corrected chi connectivity index (χ0v) is 13.3. The summed E-state index contributed by atoms with van der Waals surface area (Å²) in [5.74, 6) is 3.10. The zero-order valence-electron chi connectivity index (χ0n) is 11.6. The van der Waals surface area contributed by atoms with Gasteiger partial charge in [0.1, 0.15) is 5.76 Å². The number of thiol groups is 1. The number of aryl methyl sites for hydroxylation is 2. The average molecular weight is 287 g/mol. The topological polar surface area (TPSA) is 26.0 Å². The van der Waals surface area contributed by atoms with E-state index >= 15 is 0 Å². The fourth-order valence-electron chi connectivity index (χ4n) is 1.76. The van der Waals surface area contributed by atoms with Crippen LogP contribution in [0.5, 0.6) is 0 Å². The van der Waals surface area contributed by atoms with Gasteiger partial charge in [0.05, 0.1) is 5.69 Å². The number of rotatable bonds is 10. The monoisotopic (exact) mass is 287 g/mol. The normalized spacial score (nSPS) is 11.1. The second-order valence-corrected chi connectivity index (χ2v) is 6.16. The van der Waals surface area contributed by atoms with Gasteiger partial charge in [-0.25, -0.2) is 4.98 Å². The van der Waals surface area contributed by atoms with E-state index in [1.807, 2.05) is 13.8 Å². The molecule has 0 saturated heterocycles. The van der Waals surface area contributed by atoms with Gasteiger partial charge >= 0.3 is 0 Å². The smallest absolute Gasteiger partial charge is 0.256 e. The fraction of sp³-hybridized carbons (Fsp3) is 0.786. The Hall–Kier alpha value is -0.0900. The molecule has 0 amide bonds. The number of thioether (sulfide) groups is 1. The highest BCUT2D eigenvalue weighted by molar-refractivity contribution is 7.99. The van der Waals surface area contributed by atoms with Gasteiger partial charge in [0.2, 0.25) is 0 Å². The summed E-state index contributed by atoms with van der Waals surface area (Å²) in [7, 11) is 0. The van der Waals surface area contributed by atoms with Gasteiger partial charge in [-0.2, -0.15) is 12.6 Å². The van der Waals surface area contributed by atoms with Crippen molar-refractivity contribution >= 4 is 24.4 Å². The molecular formula is C14H25NOS2. The minimum absolute atomic E-state index is 0.832. The molecule has 0 atom stereocenters. The van der Waals surface area contributed by atoms with Crippen LogP contribution < -0.4 is 0 Å². The van der Waals surface area contributed by atoms with Gasteiger partial charge in [0.25, 0.3) is 5.22 Å². The third-order valence-corrected chi connectivity index (χ3v) is 4.27. The summed E-state index contributed by atoms with van der Waals surface area (Å²) in [6.45, 7) is 3.96. The molecule has 1 rings (SSSR count). The lowest BCUT2D eigenvalue weighted by atomic mass is 10.1. The van der Waals surface area contributed by atoms with Crippen LogP contribution in [0, 0.1) is 13.8 Å². The molecule has 18 heavy (non-hydrogen) atoms. The summed E-state index contributed by atoms with van der Waals surface area (Å²) in [5.41, 5.74) is 1.02. The first-order chi connectivity index (χ1) is 8.74. The molecular weight excluding hydrogens is 262 g/mol. The lowest BCUT2D eigenvalue weighted by Crippen LogP contribution is -1.84. The molecule has 0 aliphatic heterocycles. The lowest BCUT2D eigenvalue weighted by molar-refractivity contribution is 0.431. The molecule has 0 spiro atoms. The quantitative estimate of drug-likeness (QED) is 0.371. The molecule has 0 aliphatic rings. The largest absolute Gasteiger partial charge is 0.437 e. The Morgan fingerprint density at radius 2 is 1.61 bits per heavy atom. The highest BCUT2D eigenvalue weighted by Gasteiger charge is 2.05. The number of oxazole rings is 1. The number of aromatic nitrogens is 1.